The lowest BCUT2D eigenvalue weighted by Gasteiger charge is -2.16. The van der Waals surface area contributed by atoms with Crippen molar-refractivity contribution < 1.29 is 9.00 Å². The topological polar surface area (TPSA) is 71.1 Å². The lowest BCUT2D eigenvalue weighted by molar-refractivity contribution is 0.236. The predicted molar refractivity (Wildman–Crippen MR) is 77.8 cm³/mol. The summed E-state index contributed by atoms with van der Waals surface area (Å²) in [5.74, 6) is 0.995. The van der Waals surface area contributed by atoms with Crippen molar-refractivity contribution in [3.8, 4) is 0 Å². The van der Waals surface area contributed by atoms with Gasteiger partial charge in [-0.05, 0) is 25.7 Å². The van der Waals surface area contributed by atoms with Crippen LogP contribution in [0.2, 0.25) is 0 Å². The van der Waals surface area contributed by atoms with Crippen molar-refractivity contribution in [3.05, 3.63) is 16.1 Å². The second-order valence-electron chi connectivity index (χ2n) is 4.80. The smallest absolute Gasteiger partial charge is 0.315 e. The van der Waals surface area contributed by atoms with Crippen LogP contribution in [0.3, 0.4) is 0 Å². The minimum absolute atomic E-state index is 0.0193. The van der Waals surface area contributed by atoms with E-state index in [0.717, 1.165) is 22.7 Å². The van der Waals surface area contributed by atoms with Crippen molar-refractivity contribution in [2.45, 2.75) is 25.8 Å². The van der Waals surface area contributed by atoms with Gasteiger partial charge in [0, 0.05) is 40.4 Å². The Bertz CT molecular complexity index is 471. The standard InChI is InChI=1S/C12H19N3O2S2/c1-8-7-14-11(18-8)10(9-3-4-9)15-12(16)13-5-6-19(2)17/h7,9-10H,3-6H2,1-2H3,(H2,13,15,16)/t10-,19-/m0/s1. The molecule has 1 heterocycles. The van der Waals surface area contributed by atoms with Gasteiger partial charge in [0.1, 0.15) is 5.01 Å². The van der Waals surface area contributed by atoms with E-state index < -0.39 is 10.8 Å². The monoisotopic (exact) mass is 301 g/mol. The Balaban J connectivity index is 1.87. The molecule has 0 saturated heterocycles. The lowest BCUT2D eigenvalue weighted by atomic mass is 10.2. The highest BCUT2D eigenvalue weighted by molar-refractivity contribution is 7.84. The average Bonchev–Trinajstić information content (AvgIpc) is 3.08. The molecule has 2 amide bonds. The molecule has 2 N–H and O–H groups in total. The molecule has 5 nitrogen and oxygen atoms in total. The zero-order chi connectivity index (χ0) is 13.8. The third kappa shape index (κ3) is 4.58. The van der Waals surface area contributed by atoms with Gasteiger partial charge in [-0.1, -0.05) is 0 Å². The van der Waals surface area contributed by atoms with E-state index in [-0.39, 0.29) is 12.1 Å². The molecule has 0 aliphatic heterocycles. The van der Waals surface area contributed by atoms with Crippen LogP contribution in [-0.2, 0) is 10.8 Å². The molecule has 106 valence electrons. The van der Waals surface area contributed by atoms with Gasteiger partial charge in [0.2, 0.25) is 0 Å². The highest BCUT2D eigenvalue weighted by atomic mass is 32.2. The number of hydrogen-bond donors (Lipinski definition) is 2. The summed E-state index contributed by atoms with van der Waals surface area (Å²) < 4.78 is 10.9. The van der Waals surface area contributed by atoms with Crippen LogP contribution >= 0.6 is 11.3 Å². The van der Waals surface area contributed by atoms with Crippen LogP contribution in [0.25, 0.3) is 0 Å². The largest absolute Gasteiger partial charge is 0.337 e. The maximum Gasteiger partial charge on any atom is 0.315 e. The third-order valence-electron chi connectivity index (χ3n) is 2.96. The molecular weight excluding hydrogens is 282 g/mol. The van der Waals surface area contributed by atoms with E-state index in [1.165, 1.54) is 0 Å². The van der Waals surface area contributed by atoms with E-state index in [1.54, 1.807) is 17.6 Å². The fourth-order valence-corrected chi connectivity index (χ4v) is 3.14. The Morgan fingerprint density at radius 1 is 1.63 bits per heavy atom. The summed E-state index contributed by atoms with van der Waals surface area (Å²) in [5, 5.41) is 6.70. The second-order valence-corrected chi connectivity index (χ2v) is 7.62. The van der Waals surface area contributed by atoms with Crippen LogP contribution < -0.4 is 10.6 Å². The Morgan fingerprint density at radius 2 is 2.37 bits per heavy atom. The molecule has 1 aromatic rings. The van der Waals surface area contributed by atoms with E-state index in [9.17, 15) is 9.00 Å². The first-order chi connectivity index (χ1) is 9.06. The molecule has 0 unspecified atom stereocenters. The quantitative estimate of drug-likeness (QED) is 0.838. The van der Waals surface area contributed by atoms with Crippen LogP contribution in [0.5, 0.6) is 0 Å². The lowest BCUT2D eigenvalue weighted by Crippen LogP contribution is -2.40. The summed E-state index contributed by atoms with van der Waals surface area (Å²) in [6, 6.07) is -0.180. The molecule has 2 atom stereocenters. The first-order valence-electron chi connectivity index (χ1n) is 6.33. The number of nitrogens with one attached hydrogen (secondary N) is 2. The zero-order valence-corrected chi connectivity index (χ0v) is 12.8. The van der Waals surface area contributed by atoms with E-state index >= 15 is 0 Å². The minimum atomic E-state index is -0.877. The van der Waals surface area contributed by atoms with Crippen molar-refractivity contribution in [1.82, 2.24) is 15.6 Å². The maximum atomic E-state index is 11.8. The van der Waals surface area contributed by atoms with Crippen molar-refractivity contribution >= 4 is 28.2 Å². The van der Waals surface area contributed by atoms with Crippen LogP contribution in [0.4, 0.5) is 4.79 Å². The highest BCUT2D eigenvalue weighted by Gasteiger charge is 2.35. The molecule has 1 saturated carbocycles. The number of carbonyl (C=O) groups excluding carboxylic acids is 1. The maximum absolute atomic E-state index is 11.8. The van der Waals surface area contributed by atoms with Crippen LogP contribution in [0.15, 0.2) is 6.20 Å². The molecule has 0 radical (unpaired) electrons. The molecule has 1 aliphatic rings. The summed E-state index contributed by atoms with van der Waals surface area (Å²) in [4.78, 5) is 17.3. The molecule has 0 bridgehead atoms. The van der Waals surface area contributed by atoms with Crippen molar-refractivity contribution in [2.24, 2.45) is 5.92 Å². The Morgan fingerprint density at radius 3 is 2.89 bits per heavy atom. The van der Waals surface area contributed by atoms with E-state index in [1.807, 2.05) is 13.1 Å². The Kier molecular flexibility index (Phi) is 4.93. The molecule has 1 fully saturated rings. The van der Waals surface area contributed by atoms with Gasteiger partial charge in [-0.2, -0.15) is 0 Å². The van der Waals surface area contributed by atoms with Gasteiger partial charge in [-0.25, -0.2) is 9.78 Å². The second kappa shape index (κ2) is 6.47. The summed E-state index contributed by atoms with van der Waals surface area (Å²) in [5.41, 5.74) is 0. The summed E-state index contributed by atoms with van der Waals surface area (Å²) in [7, 11) is -0.877. The average molecular weight is 301 g/mol. The predicted octanol–water partition coefficient (Wildman–Crippen LogP) is 1.58. The van der Waals surface area contributed by atoms with Crippen LogP contribution in [-0.4, -0.2) is 33.8 Å². The molecule has 0 aromatic carbocycles. The first-order valence-corrected chi connectivity index (χ1v) is 8.87. The number of amides is 2. The Labute approximate surface area is 119 Å². The number of urea groups is 1. The van der Waals surface area contributed by atoms with Gasteiger partial charge in [0.05, 0.1) is 6.04 Å². The summed E-state index contributed by atoms with van der Waals surface area (Å²) in [6.07, 6.45) is 5.76. The van der Waals surface area contributed by atoms with Gasteiger partial charge < -0.3 is 10.6 Å². The number of aromatic nitrogens is 1. The number of nitrogens with zero attached hydrogens (tertiary/aromatic N) is 1. The van der Waals surface area contributed by atoms with Gasteiger partial charge >= 0.3 is 6.03 Å². The van der Waals surface area contributed by atoms with Gasteiger partial charge in [0.25, 0.3) is 0 Å². The normalized spacial score (nSPS) is 17.8. The molecule has 1 aromatic heterocycles. The van der Waals surface area contributed by atoms with Crippen molar-refractivity contribution in [3.63, 3.8) is 0 Å². The van der Waals surface area contributed by atoms with Gasteiger partial charge in [-0.3, -0.25) is 4.21 Å². The molecular formula is C12H19N3O2S2. The fraction of sp³-hybridized carbons (Fsp3) is 0.667. The van der Waals surface area contributed by atoms with Crippen LogP contribution in [0.1, 0.15) is 28.8 Å². The number of hydrogen-bond acceptors (Lipinski definition) is 4. The number of rotatable bonds is 6. The molecule has 1 aliphatic carbocycles. The third-order valence-corrected chi connectivity index (χ3v) is 4.74. The van der Waals surface area contributed by atoms with Gasteiger partial charge in [-0.15, -0.1) is 11.3 Å². The van der Waals surface area contributed by atoms with E-state index in [2.05, 4.69) is 15.6 Å². The molecule has 2 rings (SSSR count). The zero-order valence-electron chi connectivity index (χ0n) is 11.1. The summed E-state index contributed by atoms with van der Waals surface area (Å²) >= 11 is 1.63. The SMILES string of the molecule is Cc1cnc([C@@H](NC(=O)NCC[S@](C)=O)C2CC2)s1. The van der Waals surface area contributed by atoms with E-state index in [0.29, 0.717) is 18.2 Å². The van der Waals surface area contributed by atoms with Crippen molar-refractivity contribution in [2.75, 3.05) is 18.6 Å². The number of aryl methyl sites for hydroxylation is 1. The molecule has 19 heavy (non-hydrogen) atoms. The Hall–Kier alpha value is -0.950. The number of thiazole rings is 1. The highest BCUT2D eigenvalue weighted by Crippen LogP contribution is 2.41. The first kappa shape index (κ1) is 14.5. The number of carbonyl (C=O) groups is 1. The van der Waals surface area contributed by atoms with E-state index in [4.69, 9.17) is 0 Å². The van der Waals surface area contributed by atoms with Crippen molar-refractivity contribution in [1.29, 1.82) is 0 Å². The van der Waals surface area contributed by atoms with Gasteiger partial charge in [0.15, 0.2) is 0 Å². The summed E-state index contributed by atoms with van der Waals surface area (Å²) in [6.45, 7) is 2.45. The molecule has 7 heteroatoms. The fourth-order valence-electron chi connectivity index (χ4n) is 1.83. The molecule has 0 spiro atoms. The van der Waals surface area contributed by atoms with Crippen LogP contribution in [0, 0.1) is 12.8 Å². The minimum Gasteiger partial charge on any atom is -0.337 e.